The van der Waals surface area contributed by atoms with Gasteiger partial charge in [0.2, 0.25) is 0 Å². The number of hydrogen-bond donors (Lipinski definition) is 2. The Balaban J connectivity index is 2.35. The maximum atomic E-state index is 5.92. The highest BCUT2D eigenvalue weighted by molar-refractivity contribution is 5.72. The molecular formula is C13H18N4O. The minimum atomic E-state index is 0.458. The van der Waals surface area contributed by atoms with Crippen LogP contribution in [-0.2, 0) is 0 Å². The van der Waals surface area contributed by atoms with Gasteiger partial charge in [-0.1, -0.05) is 19.1 Å². The van der Waals surface area contributed by atoms with Gasteiger partial charge >= 0.3 is 0 Å². The first-order valence-electron chi connectivity index (χ1n) is 5.96. The largest absolute Gasteiger partial charge is 0.494 e. The van der Waals surface area contributed by atoms with Gasteiger partial charge in [-0.2, -0.15) is 0 Å². The van der Waals surface area contributed by atoms with Crippen molar-refractivity contribution >= 4 is 5.82 Å². The maximum absolute atomic E-state index is 5.92. The molecule has 0 unspecified atom stereocenters. The van der Waals surface area contributed by atoms with Crippen molar-refractivity contribution in [3.05, 3.63) is 30.1 Å². The van der Waals surface area contributed by atoms with Crippen LogP contribution in [0.4, 0.5) is 5.82 Å². The highest BCUT2D eigenvalue weighted by Crippen LogP contribution is 2.27. The molecule has 0 atom stereocenters. The molecule has 1 aromatic carbocycles. The molecule has 0 amide bonds. The highest BCUT2D eigenvalue weighted by atomic mass is 16.5. The summed E-state index contributed by atoms with van der Waals surface area (Å²) in [5.41, 5.74) is 7.52. The van der Waals surface area contributed by atoms with Gasteiger partial charge in [-0.05, 0) is 25.5 Å². The quantitative estimate of drug-likeness (QED) is 0.808. The Morgan fingerprint density at radius 1 is 1.39 bits per heavy atom. The van der Waals surface area contributed by atoms with Crippen LogP contribution in [0.3, 0.4) is 0 Å². The van der Waals surface area contributed by atoms with Gasteiger partial charge < -0.3 is 16.3 Å². The molecular weight excluding hydrogens is 228 g/mol. The molecule has 0 saturated heterocycles. The molecule has 0 fully saturated rings. The summed E-state index contributed by atoms with van der Waals surface area (Å²) in [6.07, 6.45) is 0.975. The third kappa shape index (κ3) is 2.25. The van der Waals surface area contributed by atoms with Crippen LogP contribution in [0, 0.1) is 6.92 Å². The second-order valence-electron chi connectivity index (χ2n) is 4.14. The second kappa shape index (κ2) is 5.00. The average Bonchev–Trinajstić information content (AvgIpc) is 2.64. The Labute approximate surface area is 106 Å². The lowest BCUT2D eigenvalue weighted by Gasteiger charge is -2.06. The first-order valence-corrected chi connectivity index (χ1v) is 5.96. The van der Waals surface area contributed by atoms with Crippen molar-refractivity contribution in [2.75, 3.05) is 18.2 Å². The van der Waals surface area contributed by atoms with Gasteiger partial charge in [-0.25, -0.2) is 9.66 Å². The molecule has 1 aromatic heterocycles. The monoisotopic (exact) mass is 246 g/mol. The maximum Gasteiger partial charge on any atom is 0.150 e. The number of benzene rings is 1. The van der Waals surface area contributed by atoms with Gasteiger partial charge in [0.05, 0.1) is 6.61 Å². The Morgan fingerprint density at radius 3 is 2.78 bits per heavy atom. The molecule has 2 aromatic rings. The predicted molar refractivity (Wildman–Crippen MR) is 72.7 cm³/mol. The van der Waals surface area contributed by atoms with Gasteiger partial charge in [-0.3, -0.25) is 0 Å². The van der Waals surface area contributed by atoms with E-state index in [0.29, 0.717) is 23.9 Å². The summed E-state index contributed by atoms with van der Waals surface area (Å²) >= 11 is 0. The Hall–Kier alpha value is -2.17. The fourth-order valence-electron chi connectivity index (χ4n) is 1.73. The molecule has 0 saturated carbocycles. The first-order chi connectivity index (χ1) is 8.63. The lowest BCUT2D eigenvalue weighted by atomic mass is 10.1. The summed E-state index contributed by atoms with van der Waals surface area (Å²) in [5.74, 6) is 7.71. The normalized spacial score (nSPS) is 10.6. The van der Waals surface area contributed by atoms with Crippen LogP contribution in [0.1, 0.15) is 19.2 Å². The second-order valence-corrected chi connectivity index (χ2v) is 4.14. The highest BCUT2D eigenvalue weighted by Gasteiger charge is 2.12. The van der Waals surface area contributed by atoms with Crippen LogP contribution < -0.4 is 16.3 Å². The predicted octanol–water partition coefficient (Wildman–Crippen LogP) is 1.94. The number of rotatable bonds is 4. The number of hydrogen-bond acceptors (Lipinski definition) is 4. The van der Waals surface area contributed by atoms with E-state index in [0.717, 1.165) is 17.7 Å². The number of anilines is 1. The van der Waals surface area contributed by atoms with E-state index in [1.54, 1.807) is 0 Å². The van der Waals surface area contributed by atoms with Gasteiger partial charge in [0.25, 0.3) is 0 Å². The van der Waals surface area contributed by atoms with E-state index in [2.05, 4.69) is 11.9 Å². The third-order valence-corrected chi connectivity index (χ3v) is 2.70. The number of imidazole rings is 1. The molecule has 1 heterocycles. The lowest BCUT2D eigenvalue weighted by Crippen LogP contribution is -2.13. The van der Waals surface area contributed by atoms with Crippen molar-refractivity contribution < 1.29 is 4.74 Å². The summed E-state index contributed by atoms with van der Waals surface area (Å²) in [6, 6.07) is 7.71. The van der Waals surface area contributed by atoms with Gasteiger partial charge in [0.1, 0.15) is 17.3 Å². The van der Waals surface area contributed by atoms with E-state index in [1.807, 2.05) is 31.2 Å². The van der Waals surface area contributed by atoms with Crippen LogP contribution in [-0.4, -0.2) is 16.3 Å². The molecule has 0 aliphatic heterocycles. The molecule has 0 bridgehead atoms. The molecule has 5 nitrogen and oxygen atoms in total. The third-order valence-electron chi connectivity index (χ3n) is 2.70. The Bertz CT molecular complexity index is 548. The average molecular weight is 246 g/mol. The van der Waals surface area contributed by atoms with Crippen LogP contribution >= 0.6 is 0 Å². The molecule has 0 spiro atoms. The zero-order valence-electron chi connectivity index (χ0n) is 10.7. The van der Waals surface area contributed by atoms with E-state index in [-0.39, 0.29) is 0 Å². The van der Waals surface area contributed by atoms with Crippen LogP contribution in [0.25, 0.3) is 11.3 Å². The van der Waals surface area contributed by atoms with E-state index in [4.69, 9.17) is 16.3 Å². The summed E-state index contributed by atoms with van der Waals surface area (Å²) in [5, 5.41) is 0. The molecule has 2 rings (SSSR count). The molecule has 0 aliphatic carbocycles. The van der Waals surface area contributed by atoms with Crippen LogP contribution in [0.15, 0.2) is 24.3 Å². The number of ether oxygens (including phenoxy) is 1. The van der Waals surface area contributed by atoms with Crippen LogP contribution in [0.2, 0.25) is 0 Å². The summed E-state index contributed by atoms with van der Waals surface area (Å²) in [6.45, 7) is 4.59. The van der Waals surface area contributed by atoms with Crippen molar-refractivity contribution in [1.29, 1.82) is 0 Å². The zero-order valence-corrected chi connectivity index (χ0v) is 10.7. The standard InChI is InChI=1S/C13H18N4O/c1-3-7-18-11-6-4-5-10(8-11)12-13(14)17(15)9(2)16-12/h4-6,8H,3,7,14-15H2,1-2H3. The molecule has 5 heteroatoms. The smallest absolute Gasteiger partial charge is 0.150 e. The van der Waals surface area contributed by atoms with Gasteiger partial charge in [-0.15, -0.1) is 0 Å². The van der Waals surface area contributed by atoms with Crippen molar-refractivity contribution in [2.24, 2.45) is 0 Å². The van der Waals surface area contributed by atoms with Crippen molar-refractivity contribution in [3.8, 4) is 17.0 Å². The minimum absolute atomic E-state index is 0.458. The van der Waals surface area contributed by atoms with E-state index in [9.17, 15) is 0 Å². The number of aromatic nitrogens is 2. The molecule has 18 heavy (non-hydrogen) atoms. The number of nitrogens with zero attached hydrogens (tertiary/aromatic N) is 2. The van der Waals surface area contributed by atoms with Gasteiger partial charge in [0.15, 0.2) is 5.82 Å². The number of nitrogen functional groups attached to an aromatic ring is 2. The summed E-state index contributed by atoms with van der Waals surface area (Å²) < 4.78 is 6.97. The topological polar surface area (TPSA) is 79.1 Å². The van der Waals surface area contributed by atoms with E-state index < -0.39 is 0 Å². The fraction of sp³-hybridized carbons (Fsp3) is 0.308. The molecule has 96 valence electrons. The number of nitrogens with two attached hydrogens (primary N) is 2. The van der Waals surface area contributed by atoms with Crippen molar-refractivity contribution in [1.82, 2.24) is 9.66 Å². The lowest BCUT2D eigenvalue weighted by molar-refractivity contribution is 0.317. The molecule has 0 radical (unpaired) electrons. The van der Waals surface area contributed by atoms with Crippen LogP contribution in [0.5, 0.6) is 5.75 Å². The first kappa shape index (κ1) is 12.3. The minimum Gasteiger partial charge on any atom is -0.494 e. The zero-order chi connectivity index (χ0) is 13.1. The molecule has 4 N–H and O–H groups in total. The van der Waals surface area contributed by atoms with Gasteiger partial charge in [0, 0.05) is 5.56 Å². The van der Waals surface area contributed by atoms with E-state index >= 15 is 0 Å². The number of aryl methyl sites for hydroxylation is 1. The fourth-order valence-corrected chi connectivity index (χ4v) is 1.73. The summed E-state index contributed by atoms with van der Waals surface area (Å²) in [4.78, 5) is 4.36. The molecule has 0 aliphatic rings. The van der Waals surface area contributed by atoms with Crippen molar-refractivity contribution in [2.45, 2.75) is 20.3 Å². The SMILES string of the molecule is CCCOc1cccc(-c2nc(C)n(N)c2N)c1. The Kier molecular flexibility index (Phi) is 3.41. The van der Waals surface area contributed by atoms with E-state index in [1.165, 1.54) is 4.68 Å². The summed E-state index contributed by atoms with van der Waals surface area (Å²) in [7, 11) is 0. The van der Waals surface area contributed by atoms with Crippen molar-refractivity contribution in [3.63, 3.8) is 0 Å². The Morgan fingerprint density at radius 2 is 2.17 bits per heavy atom.